The largest absolute Gasteiger partial charge is 0.477 e. The maximum absolute atomic E-state index is 15.2. The van der Waals surface area contributed by atoms with Crippen molar-refractivity contribution in [2.75, 3.05) is 31.1 Å². The van der Waals surface area contributed by atoms with Crippen molar-refractivity contribution in [3.63, 3.8) is 0 Å². The number of hydrogen-bond donors (Lipinski definition) is 2. The number of carbonyl (C=O) groups is 2. The highest BCUT2D eigenvalue weighted by atomic mass is 19.1. The van der Waals surface area contributed by atoms with E-state index in [-0.39, 0.29) is 29.7 Å². The number of carbonyl (C=O) groups excluding carboxylic acids is 1. The van der Waals surface area contributed by atoms with Crippen LogP contribution in [-0.4, -0.2) is 57.6 Å². The minimum absolute atomic E-state index is 0.00268. The summed E-state index contributed by atoms with van der Waals surface area (Å²) in [6.07, 6.45) is 4.60. The average molecular weight is 514 g/mol. The lowest BCUT2D eigenvalue weighted by Gasteiger charge is -2.36. The molecular formula is C28H24FN5O4. The van der Waals surface area contributed by atoms with Crippen molar-refractivity contribution in [2.24, 2.45) is 0 Å². The predicted octanol–water partition coefficient (Wildman–Crippen LogP) is 3.60. The molecule has 1 amide bonds. The van der Waals surface area contributed by atoms with Crippen molar-refractivity contribution in [3.05, 3.63) is 81.5 Å². The van der Waals surface area contributed by atoms with E-state index in [0.29, 0.717) is 25.2 Å². The number of para-hydroxylation sites is 1. The van der Waals surface area contributed by atoms with Crippen LogP contribution >= 0.6 is 0 Å². The molecule has 38 heavy (non-hydrogen) atoms. The van der Waals surface area contributed by atoms with Crippen LogP contribution in [0.5, 0.6) is 0 Å². The molecule has 4 aromatic rings. The maximum Gasteiger partial charge on any atom is 0.341 e. The number of aromatic nitrogens is 2. The van der Waals surface area contributed by atoms with Gasteiger partial charge in [-0.05, 0) is 31.2 Å². The molecule has 2 aromatic heterocycles. The zero-order valence-corrected chi connectivity index (χ0v) is 20.6. The third kappa shape index (κ3) is 4.28. The summed E-state index contributed by atoms with van der Waals surface area (Å²) in [6, 6.07) is 12.3. The topological polar surface area (TPSA) is 122 Å². The molecule has 1 aliphatic rings. The average Bonchev–Trinajstić information content (AvgIpc) is 3.34. The number of H-pyrrole nitrogens is 1. The highest BCUT2D eigenvalue weighted by molar-refractivity contribution is 6.04. The van der Waals surface area contributed by atoms with E-state index in [0.717, 1.165) is 22.5 Å². The van der Waals surface area contributed by atoms with E-state index in [2.05, 4.69) is 4.98 Å². The number of halogens is 1. The van der Waals surface area contributed by atoms with Crippen LogP contribution in [0.2, 0.25) is 0 Å². The van der Waals surface area contributed by atoms with Gasteiger partial charge in [0.15, 0.2) is 0 Å². The van der Waals surface area contributed by atoms with E-state index in [4.69, 9.17) is 0 Å². The summed E-state index contributed by atoms with van der Waals surface area (Å²) in [4.78, 5) is 43.7. The summed E-state index contributed by atoms with van der Waals surface area (Å²) in [6.45, 7) is 3.40. The van der Waals surface area contributed by atoms with E-state index >= 15 is 4.39 Å². The van der Waals surface area contributed by atoms with Gasteiger partial charge in [-0.2, -0.15) is 5.26 Å². The van der Waals surface area contributed by atoms with Gasteiger partial charge >= 0.3 is 5.97 Å². The van der Waals surface area contributed by atoms with Gasteiger partial charge in [-0.3, -0.25) is 9.59 Å². The number of nitrogens with one attached hydrogen (secondary N) is 1. The summed E-state index contributed by atoms with van der Waals surface area (Å²) in [5.41, 5.74) is 1.23. The predicted molar refractivity (Wildman–Crippen MR) is 141 cm³/mol. The summed E-state index contributed by atoms with van der Waals surface area (Å²) in [5.74, 6) is -2.39. The summed E-state index contributed by atoms with van der Waals surface area (Å²) in [7, 11) is 0. The van der Waals surface area contributed by atoms with Crippen LogP contribution in [0.4, 0.5) is 10.1 Å². The summed E-state index contributed by atoms with van der Waals surface area (Å²) in [5, 5.41) is 19.9. The maximum atomic E-state index is 15.2. The number of aromatic amines is 1. The number of nitrogens with zero attached hydrogens (tertiary/aromatic N) is 4. The molecule has 0 atom stereocenters. The van der Waals surface area contributed by atoms with Gasteiger partial charge in [-0.1, -0.05) is 18.2 Å². The molecule has 0 saturated carbocycles. The van der Waals surface area contributed by atoms with E-state index in [9.17, 15) is 24.8 Å². The number of fused-ring (bicyclic) bond motifs is 2. The van der Waals surface area contributed by atoms with Gasteiger partial charge < -0.3 is 24.5 Å². The first-order chi connectivity index (χ1) is 18.3. The Morgan fingerprint density at radius 2 is 1.89 bits per heavy atom. The van der Waals surface area contributed by atoms with Gasteiger partial charge in [0.2, 0.25) is 5.43 Å². The van der Waals surface area contributed by atoms with Gasteiger partial charge in [0.05, 0.1) is 11.2 Å². The molecular weight excluding hydrogens is 489 g/mol. The first kappa shape index (κ1) is 24.8. The van der Waals surface area contributed by atoms with Crippen molar-refractivity contribution in [1.29, 1.82) is 5.26 Å². The normalized spacial score (nSPS) is 14.2. The van der Waals surface area contributed by atoms with Crippen molar-refractivity contribution in [3.8, 4) is 6.07 Å². The second kappa shape index (κ2) is 9.86. The van der Waals surface area contributed by atoms with Gasteiger partial charge in [0.25, 0.3) is 5.91 Å². The number of hydrogen-bond acceptors (Lipinski definition) is 5. The molecule has 0 unspecified atom stereocenters. The van der Waals surface area contributed by atoms with Crippen LogP contribution in [0, 0.1) is 17.1 Å². The zero-order chi connectivity index (χ0) is 27.0. The number of aryl methyl sites for hydroxylation is 1. The number of anilines is 1. The number of carboxylic acids is 1. The van der Waals surface area contributed by atoms with Crippen LogP contribution < -0.4 is 10.3 Å². The first-order valence-electron chi connectivity index (χ1n) is 12.1. The minimum Gasteiger partial charge on any atom is -0.477 e. The molecule has 192 valence electrons. The molecule has 0 aliphatic carbocycles. The standard InChI is InChI=1S/C28H24FN5O4/c1-2-32-16-21(28(37)38)26(35)20-12-22(29)25(13-24(20)32)33-7-9-34(10-8-33)27(36)17(14-30)11-18-15-31-23-6-4-3-5-19(18)23/h3-6,11-13,15-16,31H,2,7-10H2,1H3,(H,37,38)/b17-11+. The molecule has 1 fully saturated rings. The lowest BCUT2D eigenvalue weighted by Crippen LogP contribution is -2.49. The Hall–Kier alpha value is -4.91. The quantitative estimate of drug-likeness (QED) is 0.311. The van der Waals surface area contributed by atoms with Crippen LogP contribution in [-0.2, 0) is 11.3 Å². The number of rotatable bonds is 5. The van der Waals surface area contributed by atoms with Crippen molar-refractivity contribution < 1.29 is 19.1 Å². The van der Waals surface area contributed by atoms with Gasteiger partial charge in [-0.15, -0.1) is 0 Å². The number of benzene rings is 2. The highest BCUT2D eigenvalue weighted by Gasteiger charge is 2.26. The lowest BCUT2D eigenvalue weighted by molar-refractivity contribution is -0.126. The molecule has 1 saturated heterocycles. The third-order valence-electron chi connectivity index (χ3n) is 6.90. The fourth-order valence-corrected chi connectivity index (χ4v) is 4.89. The Labute approximate surface area is 216 Å². The Kier molecular flexibility index (Phi) is 6.43. The molecule has 2 aromatic carbocycles. The Morgan fingerprint density at radius 1 is 1.16 bits per heavy atom. The molecule has 0 bridgehead atoms. The van der Waals surface area contributed by atoms with Gasteiger partial charge in [0, 0.05) is 67.0 Å². The molecule has 1 aliphatic heterocycles. The molecule has 3 heterocycles. The van der Waals surface area contributed by atoms with Crippen LogP contribution in [0.15, 0.2) is 59.2 Å². The number of amides is 1. The SMILES string of the molecule is CCn1cc(C(=O)O)c(=O)c2cc(F)c(N3CCN(C(=O)/C(C#N)=C/c4c[nH]c5ccccc45)CC3)cc21. The van der Waals surface area contributed by atoms with E-state index in [1.165, 1.54) is 6.20 Å². The molecule has 0 spiro atoms. The third-order valence-corrected chi connectivity index (χ3v) is 6.90. The van der Waals surface area contributed by atoms with Crippen LogP contribution in [0.1, 0.15) is 22.8 Å². The monoisotopic (exact) mass is 513 g/mol. The molecule has 10 heteroatoms. The first-order valence-corrected chi connectivity index (χ1v) is 12.1. The van der Waals surface area contributed by atoms with Crippen molar-refractivity contribution in [2.45, 2.75) is 13.5 Å². The van der Waals surface area contributed by atoms with E-state index in [1.54, 1.807) is 39.6 Å². The van der Waals surface area contributed by atoms with Crippen molar-refractivity contribution in [1.82, 2.24) is 14.5 Å². The highest BCUT2D eigenvalue weighted by Crippen LogP contribution is 2.27. The minimum atomic E-state index is -1.36. The second-order valence-electron chi connectivity index (χ2n) is 9.02. The number of piperazine rings is 1. The molecule has 0 radical (unpaired) electrons. The molecule has 2 N–H and O–H groups in total. The number of carboxylic acid groups (broad SMARTS) is 1. The number of aromatic carboxylic acids is 1. The Bertz CT molecular complexity index is 1720. The van der Waals surface area contributed by atoms with Gasteiger partial charge in [-0.25, -0.2) is 9.18 Å². The Balaban J connectivity index is 1.38. The van der Waals surface area contributed by atoms with E-state index in [1.807, 2.05) is 30.3 Å². The van der Waals surface area contributed by atoms with Gasteiger partial charge in [0.1, 0.15) is 23.0 Å². The molecule has 5 rings (SSSR count). The fraction of sp³-hybridized carbons (Fsp3) is 0.214. The fourth-order valence-electron chi connectivity index (χ4n) is 4.89. The second-order valence-corrected chi connectivity index (χ2v) is 9.02. The Morgan fingerprint density at radius 3 is 2.58 bits per heavy atom. The zero-order valence-electron chi connectivity index (χ0n) is 20.6. The smallest absolute Gasteiger partial charge is 0.341 e. The number of pyridine rings is 1. The number of nitriles is 1. The lowest BCUT2D eigenvalue weighted by atomic mass is 10.1. The van der Waals surface area contributed by atoms with E-state index < -0.39 is 28.7 Å². The summed E-state index contributed by atoms with van der Waals surface area (Å²) >= 11 is 0. The van der Waals surface area contributed by atoms with Crippen LogP contribution in [0.25, 0.3) is 27.9 Å². The van der Waals surface area contributed by atoms with Crippen molar-refractivity contribution >= 4 is 45.4 Å². The summed E-state index contributed by atoms with van der Waals surface area (Å²) < 4.78 is 16.8. The molecule has 9 nitrogen and oxygen atoms in total. The van der Waals surface area contributed by atoms with Crippen LogP contribution in [0.3, 0.4) is 0 Å².